The first-order chi connectivity index (χ1) is 11.4. The number of hydrogen-bond acceptors (Lipinski definition) is 5. The molecule has 2 N–H and O–H groups in total. The van der Waals surface area contributed by atoms with Crippen LogP contribution in [0.5, 0.6) is 11.5 Å². The molecule has 24 heavy (non-hydrogen) atoms. The number of hydrogen-bond donors (Lipinski definition) is 1. The van der Waals surface area contributed by atoms with Crippen molar-refractivity contribution in [2.24, 2.45) is 11.1 Å². The summed E-state index contributed by atoms with van der Waals surface area (Å²) in [6.45, 7) is 0.345. The maximum atomic E-state index is 12.1. The fraction of sp³-hybridized carbons (Fsp3) is 0.250. The number of benzene rings is 1. The molecule has 2 heterocycles. The summed E-state index contributed by atoms with van der Waals surface area (Å²) in [5.41, 5.74) is 0.704. The van der Waals surface area contributed by atoms with E-state index in [1.165, 1.54) is 0 Å². The minimum Gasteiger partial charge on any atom is -0.456 e. The van der Waals surface area contributed by atoms with Gasteiger partial charge in [-0.3, -0.25) is 9.78 Å². The van der Waals surface area contributed by atoms with E-state index < -0.39 is 10.0 Å². The topological polar surface area (TPSA) is 103 Å². The zero-order chi connectivity index (χ0) is 17.2. The average Bonchev–Trinajstić information content (AvgIpc) is 2.87. The summed E-state index contributed by atoms with van der Waals surface area (Å²) in [5, 5.41) is 5.06. The van der Waals surface area contributed by atoms with Gasteiger partial charge in [-0.2, -0.15) is 0 Å². The molecule has 1 aromatic heterocycles. The number of carbonyl (C=O) groups excluding carboxylic acids is 1. The van der Waals surface area contributed by atoms with E-state index in [0.29, 0.717) is 23.7 Å². The quantitative estimate of drug-likeness (QED) is 0.883. The molecule has 1 aromatic carbocycles. The monoisotopic (exact) mass is 347 g/mol. The van der Waals surface area contributed by atoms with Gasteiger partial charge >= 0.3 is 0 Å². The first-order valence-electron chi connectivity index (χ1n) is 7.39. The lowest BCUT2D eigenvalue weighted by molar-refractivity contribution is -0.117. The smallest absolute Gasteiger partial charge is 0.227 e. The Kier molecular flexibility index (Phi) is 4.50. The van der Waals surface area contributed by atoms with Gasteiger partial charge in [0.25, 0.3) is 0 Å². The van der Waals surface area contributed by atoms with Gasteiger partial charge in [0.05, 0.1) is 11.9 Å². The molecule has 0 saturated carbocycles. The van der Waals surface area contributed by atoms with Crippen LogP contribution in [0.3, 0.4) is 0 Å². The molecule has 1 atom stereocenters. The largest absolute Gasteiger partial charge is 0.456 e. The molecule has 1 fully saturated rings. The molecule has 7 nitrogen and oxygen atoms in total. The number of rotatable bonds is 5. The molecule has 1 aliphatic heterocycles. The molecule has 3 rings (SSSR count). The molecule has 1 aliphatic rings. The van der Waals surface area contributed by atoms with Crippen molar-refractivity contribution in [3.63, 3.8) is 0 Å². The number of sulfonamides is 1. The van der Waals surface area contributed by atoms with Crippen molar-refractivity contribution in [1.29, 1.82) is 0 Å². The molecule has 2 aromatic rings. The lowest BCUT2D eigenvalue weighted by Crippen LogP contribution is -2.27. The Balaban J connectivity index is 1.68. The third-order valence-corrected chi connectivity index (χ3v) is 4.63. The van der Waals surface area contributed by atoms with Gasteiger partial charge in [-0.15, -0.1) is 0 Å². The van der Waals surface area contributed by atoms with E-state index in [0.717, 1.165) is 0 Å². The number of nitrogens with zero attached hydrogens (tertiary/aromatic N) is 2. The molecule has 0 spiro atoms. The number of nitrogens with two attached hydrogens (primary N) is 1. The van der Waals surface area contributed by atoms with E-state index in [9.17, 15) is 13.2 Å². The summed E-state index contributed by atoms with van der Waals surface area (Å²) in [6.07, 6.45) is 3.45. The van der Waals surface area contributed by atoms with Crippen molar-refractivity contribution in [3.8, 4) is 11.5 Å². The highest BCUT2D eigenvalue weighted by molar-refractivity contribution is 7.89. The summed E-state index contributed by atoms with van der Waals surface area (Å²) in [5.74, 6) is 0.677. The number of ether oxygens (including phenoxy) is 1. The average molecular weight is 347 g/mol. The fourth-order valence-electron chi connectivity index (χ4n) is 2.71. The highest BCUT2D eigenvalue weighted by Crippen LogP contribution is 2.28. The van der Waals surface area contributed by atoms with Gasteiger partial charge in [-0.25, -0.2) is 13.6 Å². The van der Waals surface area contributed by atoms with Crippen LogP contribution in [0.15, 0.2) is 48.8 Å². The van der Waals surface area contributed by atoms with Crippen LogP contribution in [0.2, 0.25) is 0 Å². The van der Waals surface area contributed by atoms with Gasteiger partial charge in [0.1, 0.15) is 11.5 Å². The summed E-state index contributed by atoms with van der Waals surface area (Å²) in [7, 11) is -3.58. The van der Waals surface area contributed by atoms with Crippen LogP contribution in [-0.2, 0) is 14.8 Å². The summed E-state index contributed by atoms with van der Waals surface area (Å²) in [6, 6.07) is 10.6. The molecular weight excluding hydrogens is 330 g/mol. The van der Waals surface area contributed by atoms with Crippen LogP contribution in [0, 0.1) is 5.92 Å². The Labute approximate surface area is 140 Å². The van der Waals surface area contributed by atoms with E-state index in [2.05, 4.69) is 4.98 Å². The van der Waals surface area contributed by atoms with Crippen LogP contribution < -0.4 is 14.8 Å². The fourth-order valence-corrected chi connectivity index (χ4v) is 3.59. The predicted molar refractivity (Wildman–Crippen MR) is 89.2 cm³/mol. The van der Waals surface area contributed by atoms with Crippen LogP contribution in [-0.4, -0.2) is 31.6 Å². The Morgan fingerprint density at radius 2 is 1.96 bits per heavy atom. The minimum atomic E-state index is -3.58. The van der Waals surface area contributed by atoms with E-state index in [-0.39, 0.29) is 24.0 Å². The van der Waals surface area contributed by atoms with Gasteiger partial charge in [0.15, 0.2) is 0 Å². The lowest BCUT2D eigenvalue weighted by atomic mass is 10.1. The second kappa shape index (κ2) is 6.58. The maximum absolute atomic E-state index is 12.1. The molecule has 0 bridgehead atoms. The highest BCUT2D eigenvalue weighted by atomic mass is 32.2. The third kappa shape index (κ3) is 4.09. The Morgan fingerprint density at radius 1 is 1.21 bits per heavy atom. The van der Waals surface area contributed by atoms with Gasteiger partial charge in [-0.1, -0.05) is 0 Å². The van der Waals surface area contributed by atoms with Crippen molar-refractivity contribution < 1.29 is 17.9 Å². The van der Waals surface area contributed by atoms with Crippen molar-refractivity contribution >= 4 is 21.6 Å². The van der Waals surface area contributed by atoms with Crippen molar-refractivity contribution in [1.82, 2.24) is 4.98 Å². The molecule has 1 saturated heterocycles. The Morgan fingerprint density at radius 3 is 2.58 bits per heavy atom. The molecular formula is C16H17N3O4S. The van der Waals surface area contributed by atoms with Crippen LogP contribution >= 0.6 is 0 Å². The molecule has 0 radical (unpaired) electrons. The number of primary sulfonamides is 1. The maximum Gasteiger partial charge on any atom is 0.227 e. The van der Waals surface area contributed by atoms with Crippen molar-refractivity contribution in [3.05, 3.63) is 48.8 Å². The highest BCUT2D eigenvalue weighted by Gasteiger charge is 2.32. The second-order valence-electron chi connectivity index (χ2n) is 5.69. The zero-order valence-electron chi connectivity index (χ0n) is 12.8. The molecule has 8 heteroatoms. The summed E-state index contributed by atoms with van der Waals surface area (Å²) < 4.78 is 28.0. The molecule has 1 unspecified atom stereocenters. The standard InChI is InChI=1S/C16H17N3O4S/c17-24(21,22)11-12-8-16(20)19(10-12)13-3-5-14(6-4-13)23-15-2-1-7-18-9-15/h1-7,9,12H,8,10-11H2,(H2,17,21,22). The van der Waals surface area contributed by atoms with E-state index in [1.807, 2.05) is 0 Å². The number of aromatic nitrogens is 1. The first kappa shape index (κ1) is 16.4. The normalized spacial score (nSPS) is 18.0. The number of amides is 1. The minimum absolute atomic E-state index is 0.107. The number of pyridine rings is 1. The van der Waals surface area contributed by atoms with Gasteiger partial charge in [0.2, 0.25) is 15.9 Å². The van der Waals surface area contributed by atoms with Crippen molar-refractivity contribution in [2.75, 3.05) is 17.2 Å². The lowest BCUT2D eigenvalue weighted by Gasteiger charge is -2.17. The summed E-state index contributed by atoms with van der Waals surface area (Å²) >= 11 is 0. The summed E-state index contributed by atoms with van der Waals surface area (Å²) in [4.78, 5) is 17.6. The van der Waals surface area contributed by atoms with Gasteiger partial charge < -0.3 is 9.64 Å². The Bertz CT molecular complexity index is 822. The van der Waals surface area contributed by atoms with Crippen molar-refractivity contribution in [2.45, 2.75) is 6.42 Å². The van der Waals surface area contributed by atoms with E-state index in [4.69, 9.17) is 9.88 Å². The SMILES string of the molecule is NS(=O)(=O)CC1CC(=O)N(c2ccc(Oc3cccnc3)cc2)C1. The van der Waals surface area contributed by atoms with Crippen LogP contribution in [0.1, 0.15) is 6.42 Å². The van der Waals surface area contributed by atoms with E-state index >= 15 is 0 Å². The molecule has 1 amide bonds. The predicted octanol–water partition coefficient (Wildman–Crippen LogP) is 1.52. The second-order valence-corrected chi connectivity index (χ2v) is 7.35. The molecule has 126 valence electrons. The zero-order valence-corrected chi connectivity index (χ0v) is 13.6. The first-order valence-corrected chi connectivity index (χ1v) is 9.11. The number of carbonyl (C=O) groups is 1. The van der Waals surface area contributed by atoms with Gasteiger partial charge in [0, 0.05) is 30.8 Å². The molecule has 0 aliphatic carbocycles. The van der Waals surface area contributed by atoms with Gasteiger partial charge in [-0.05, 0) is 36.4 Å². The third-order valence-electron chi connectivity index (χ3n) is 3.69. The van der Waals surface area contributed by atoms with Crippen LogP contribution in [0.4, 0.5) is 5.69 Å². The Hall–Kier alpha value is -2.45. The van der Waals surface area contributed by atoms with Crippen LogP contribution in [0.25, 0.3) is 0 Å². The van der Waals surface area contributed by atoms with E-state index in [1.54, 1.807) is 53.7 Å². The number of anilines is 1.